The minimum Gasteiger partial charge on any atom is -0.493 e. The summed E-state index contributed by atoms with van der Waals surface area (Å²) in [7, 11) is 1.34. The first-order valence-corrected chi connectivity index (χ1v) is 5.20. The van der Waals surface area contributed by atoms with Crippen LogP contribution in [0, 0.1) is 0 Å². The molecule has 0 atom stereocenters. The molecule has 0 fully saturated rings. The molecule has 1 aromatic carbocycles. The van der Waals surface area contributed by atoms with Crippen LogP contribution in [0.15, 0.2) is 16.6 Å². The van der Waals surface area contributed by atoms with E-state index in [1.165, 1.54) is 19.2 Å². The molecule has 1 rings (SSSR count). The lowest BCUT2D eigenvalue weighted by molar-refractivity contribution is -0.139. The Bertz CT molecular complexity index is 456. The van der Waals surface area contributed by atoms with Gasteiger partial charge in [-0.2, -0.15) is 0 Å². The zero-order valence-electron chi connectivity index (χ0n) is 8.77. The van der Waals surface area contributed by atoms with E-state index in [9.17, 15) is 9.59 Å². The van der Waals surface area contributed by atoms with Gasteiger partial charge in [0.25, 0.3) is 0 Å². The fourth-order valence-electron chi connectivity index (χ4n) is 1.11. The lowest BCUT2D eigenvalue weighted by Crippen LogP contribution is -2.10. The summed E-state index contributed by atoms with van der Waals surface area (Å²) < 4.78 is 10.2. The van der Waals surface area contributed by atoms with Gasteiger partial charge in [0.05, 0.1) is 12.7 Å². The molecule has 0 aliphatic heterocycles. The molecule has 1 aromatic rings. The van der Waals surface area contributed by atoms with Crippen molar-refractivity contribution in [3.8, 4) is 11.5 Å². The molecule has 17 heavy (non-hydrogen) atoms. The highest BCUT2D eigenvalue weighted by Crippen LogP contribution is 2.33. The van der Waals surface area contributed by atoms with Crippen molar-refractivity contribution in [3.05, 3.63) is 22.2 Å². The van der Waals surface area contributed by atoms with Crippen LogP contribution in [0.4, 0.5) is 0 Å². The fraction of sp³-hybridized carbons (Fsp3) is 0.200. The van der Waals surface area contributed by atoms with Gasteiger partial charge in [-0.15, -0.1) is 0 Å². The van der Waals surface area contributed by atoms with Crippen molar-refractivity contribution in [1.82, 2.24) is 0 Å². The number of rotatable bonds is 5. The van der Waals surface area contributed by atoms with Gasteiger partial charge < -0.3 is 19.7 Å². The highest BCUT2D eigenvalue weighted by molar-refractivity contribution is 9.10. The van der Waals surface area contributed by atoms with E-state index in [0.29, 0.717) is 0 Å². The number of hydrogen-bond donors (Lipinski definition) is 2. The van der Waals surface area contributed by atoms with Crippen LogP contribution >= 0.6 is 15.9 Å². The van der Waals surface area contributed by atoms with Crippen molar-refractivity contribution in [1.29, 1.82) is 0 Å². The van der Waals surface area contributed by atoms with Crippen molar-refractivity contribution in [2.45, 2.75) is 0 Å². The monoisotopic (exact) mass is 304 g/mol. The van der Waals surface area contributed by atoms with Gasteiger partial charge in [0, 0.05) is 4.47 Å². The number of aromatic carboxylic acids is 1. The summed E-state index contributed by atoms with van der Waals surface area (Å²) in [5.74, 6) is -1.94. The van der Waals surface area contributed by atoms with E-state index in [1.807, 2.05) is 0 Å². The van der Waals surface area contributed by atoms with Crippen LogP contribution in [-0.2, 0) is 4.79 Å². The van der Waals surface area contributed by atoms with Crippen molar-refractivity contribution in [2.24, 2.45) is 0 Å². The zero-order valence-corrected chi connectivity index (χ0v) is 10.4. The first-order chi connectivity index (χ1) is 7.95. The number of ether oxygens (including phenoxy) is 2. The second-order valence-electron chi connectivity index (χ2n) is 2.97. The Kier molecular flexibility index (Phi) is 4.33. The second kappa shape index (κ2) is 5.53. The van der Waals surface area contributed by atoms with E-state index >= 15 is 0 Å². The Hall–Kier alpha value is -1.76. The van der Waals surface area contributed by atoms with Crippen LogP contribution in [0.1, 0.15) is 10.4 Å². The topological polar surface area (TPSA) is 93.1 Å². The predicted octanol–water partition coefficient (Wildman–Crippen LogP) is 1.62. The standard InChI is InChI=1S/C10H9BrO6/c1-16-7-2-5(10(14)15)6(11)3-8(7)17-4-9(12)13/h2-3H,4H2,1H3,(H,12,13)(H,14,15). The predicted molar refractivity (Wildman–Crippen MR) is 60.8 cm³/mol. The van der Waals surface area contributed by atoms with E-state index in [1.54, 1.807) is 0 Å². The minimum absolute atomic E-state index is 0.00419. The molecule has 0 saturated heterocycles. The first-order valence-electron chi connectivity index (χ1n) is 4.41. The van der Waals surface area contributed by atoms with Crippen LogP contribution < -0.4 is 9.47 Å². The van der Waals surface area contributed by atoms with Gasteiger partial charge in [-0.1, -0.05) is 0 Å². The SMILES string of the molecule is COc1cc(C(=O)O)c(Br)cc1OCC(=O)O. The number of benzene rings is 1. The molecule has 0 spiro atoms. The molecular weight excluding hydrogens is 296 g/mol. The van der Waals surface area contributed by atoms with Crippen LogP contribution in [0.5, 0.6) is 11.5 Å². The molecular formula is C10H9BrO6. The highest BCUT2D eigenvalue weighted by Gasteiger charge is 2.15. The summed E-state index contributed by atoms with van der Waals surface area (Å²) in [5, 5.41) is 17.4. The number of aliphatic carboxylic acids is 1. The normalized spacial score (nSPS) is 9.76. The van der Waals surface area contributed by atoms with Gasteiger partial charge >= 0.3 is 11.9 Å². The van der Waals surface area contributed by atoms with Crippen molar-refractivity contribution in [3.63, 3.8) is 0 Å². The average Bonchev–Trinajstić information content (AvgIpc) is 2.25. The van der Waals surface area contributed by atoms with E-state index in [2.05, 4.69) is 15.9 Å². The highest BCUT2D eigenvalue weighted by atomic mass is 79.9. The Balaban J connectivity index is 3.09. The molecule has 2 N–H and O–H groups in total. The number of carboxylic acids is 2. The third-order valence-corrected chi connectivity index (χ3v) is 2.49. The van der Waals surface area contributed by atoms with Crippen LogP contribution in [0.3, 0.4) is 0 Å². The number of carbonyl (C=O) groups is 2. The largest absolute Gasteiger partial charge is 0.493 e. The van der Waals surface area contributed by atoms with Crippen molar-refractivity contribution < 1.29 is 29.3 Å². The molecule has 0 radical (unpaired) electrons. The van der Waals surface area contributed by atoms with Gasteiger partial charge in [0.1, 0.15) is 0 Å². The number of hydrogen-bond acceptors (Lipinski definition) is 4. The Morgan fingerprint density at radius 2 is 1.94 bits per heavy atom. The molecule has 0 heterocycles. The maximum atomic E-state index is 10.8. The molecule has 0 aliphatic rings. The molecule has 0 unspecified atom stereocenters. The smallest absolute Gasteiger partial charge is 0.341 e. The molecule has 92 valence electrons. The molecule has 0 saturated carbocycles. The van der Waals surface area contributed by atoms with Crippen LogP contribution in [-0.4, -0.2) is 35.9 Å². The summed E-state index contributed by atoms with van der Waals surface area (Å²) in [4.78, 5) is 21.2. The Morgan fingerprint density at radius 3 is 2.41 bits per heavy atom. The van der Waals surface area contributed by atoms with Gasteiger partial charge in [0.2, 0.25) is 0 Å². The van der Waals surface area contributed by atoms with Gasteiger partial charge in [-0.25, -0.2) is 9.59 Å². The third-order valence-electron chi connectivity index (χ3n) is 1.83. The van der Waals surface area contributed by atoms with E-state index in [4.69, 9.17) is 19.7 Å². The van der Waals surface area contributed by atoms with Crippen molar-refractivity contribution in [2.75, 3.05) is 13.7 Å². The summed E-state index contributed by atoms with van der Waals surface area (Å²) in [6.07, 6.45) is 0. The number of methoxy groups -OCH3 is 1. The lowest BCUT2D eigenvalue weighted by Gasteiger charge is -2.11. The summed E-state index contributed by atoms with van der Waals surface area (Å²) in [5.41, 5.74) is 0.00419. The van der Waals surface area contributed by atoms with Gasteiger partial charge in [-0.3, -0.25) is 0 Å². The molecule has 7 heteroatoms. The summed E-state index contributed by atoms with van der Waals surface area (Å²) >= 11 is 3.05. The van der Waals surface area contributed by atoms with E-state index in [-0.39, 0.29) is 21.5 Å². The van der Waals surface area contributed by atoms with Crippen molar-refractivity contribution >= 4 is 27.9 Å². The number of carboxylic acid groups (broad SMARTS) is 2. The van der Waals surface area contributed by atoms with Crippen LogP contribution in [0.25, 0.3) is 0 Å². The lowest BCUT2D eigenvalue weighted by atomic mass is 10.2. The zero-order chi connectivity index (χ0) is 13.0. The second-order valence-corrected chi connectivity index (χ2v) is 3.82. The Labute approximate surface area is 105 Å². The van der Waals surface area contributed by atoms with E-state index in [0.717, 1.165) is 0 Å². The Morgan fingerprint density at radius 1 is 1.29 bits per heavy atom. The molecule has 6 nitrogen and oxygen atoms in total. The van der Waals surface area contributed by atoms with Gasteiger partial charge in [-0.05, 0) is 28.1 Å². The summed E-state index contributed by atoms with van der Waals surface area (Å²) in [6, 6.07) is 2.61. The quantitative estimate of drug-likeness (QED) is 0.858. The third kappa shape index (κ3) is 3.35. The minimum atomic E-state index is -1.13. The molecule has 0 bridgehead atoms. The van der Waals surface area contributed by atoms with Gasteiger partial charge in [0.15, 0.2) is 18.1 Å². The molecule has 0 aromatic heterocycles. The molecule has 0 amide bonds. The first kappa shape index (κ1) is 13.3. The average molecular weight is 305 g/mol. The summed E-state index contributed by atoms with van der Waals surface area (Å²) in [6.45, 7) is -0.533. The maximum absolute atomic E-state index is 10.8. The fourth-order valence-corrected chi connectivity index (χ4v) is 1.60. The maximum Gasteiger partial charge on any atom is 0.341 e. The molecule has 0 aliphatic carbocycles. The number of halogens is 1. The van der Waals surface area contributed by atoms with Crippen LogP contribution in [0.2, 0.25) is 0 Å². The van der Waals surface area contributed by atoms with E-state index < -0.39 is 18.5 Å².